The maximum Gasteiger partial charge on any atom is 0.243 e. The third-order valence-corrected chi connectivity index (χ3v) is 5.96. The summed E-state index contributed by atoms with van der Waals surface area (Å²) in [7, 11) is 0. The summed E-state index contributed by atoms with van der Waals surface area (Å²) >= 11 is 0. The Morgan fingerprint density at radius 1 is 0.765 bits per heavy atom. The largest absolute Gasteiger partial charge is 0.354 e. The maximum atomic E-state index is 13.6. The van der Waals surface area contributed by atoms with Crippen molar-refractivity contribution < 1.29 is 9.59 Å². The van der Waals surface area contributed by atoms with Gasteiger partial charge in [-0.05, 0) is 35.4 Å². The van der Waals surface area contributed by atoms with Gasteiger partial charge in [-0.1, -0.05) is 105 Å². The quantitative estimate of drug-likeness (QED) is 0.396. The Labute approximate surface area is 204 Å². The van der Waals surface area contributed by atoms with Gasteiger partial charge in [-0.2, -0.15) is 0 Å². The van der Waals surface area contributed by atoms with Gasteiger partial charge < -0.3 is 10.2 Å². The van der Waals surface area contributed by atoms with E-state index in [1.165, 1.54) is 0 Å². The van der Waals surface area contributed by atoms with Crippen LogP contribution in [0.1, 0.15) is 43.4 Å². The Hall–Kier alpha value is -3.40. The van der Waals surface area contributed by atoms with E-state index in [0.717, 1.165) is 23.1 Å². The number of carbonyl (C=O) groups is 2. The van der Waals surface area contributed by atoms with Crippen LogP contribution in [0, 0.1) is 5.92 Å². The van der Waals surface area contributed by atoms with E-state index in [1.807, 2.05) is 91.0 Å². The smallest absolute Gasteiger partial charge is 0.243 e. The van der Waals surface area contributed by atoms with Crippen molar-refractivity contribution in [2.75, 3.05) is 6.54 Å². The summed E-state index contributed by atoms with van der Waals surface area (Å²) in [6, 6.07) is 29.3. The number of nitrogens with zero attached hydrogens (tertiary/aromatic N) is 1. The second-order valence-corrected chi connectivity index (χ2v) is 9.17. The summed E-state index contributed by atoms with van der Waals surface area (Å²) in [5.74, 6) is 0.405. The zero-order valence-electron chi connectivity index (χ0n) is 20.3. The van der Waals surface area contributed by atoms with E-state index in [0.29, 0.717) is 38.3 Å². The molecule has 0 bridgehead atoms. The van der Waals surface area contributed by atoms with Crippen molar-refractivity contribution in [2.24, 2.45) is 5.92 Å². The summed E-state index contributed by atoms with van der Waals surface area (Å²) in [6.07, 6.45) is 2.40. The number of nitrogens with one attached hydrogen (secondary N) is 1. The topological polar surface area (TPSA) is 49.4 Å². The molecule has 4 nitrogen and oxygen atoms in total. The third kappa shape index (κ3) is 8.18. The first kappa shape index (κ1) is 25.2. The predicted molar refractivity (Wildman–Crippen MR) is 138 cm³/mol. The molecule has 0 fully saturated rings. The minimum Gasteiger partial charge on any atom is -0.354 e. The normalized spacial score (nSPS) is 11.7. The molecule has 0 spiro atoms. The molecule has 1 N–H and O–H groups in total. The van der Waals surface area contributed by atoms with Crippen molar-refractivity contribution in [3.05, 3.63) is 108 Å². The summed E-state index contributed by atoms with van der Waals surface area (Å²) in [6.45, 7) is 5.30. The van der Waals surface area contributed by atoms with Gasteiger partial charge in [-0.3, -0.25) is 9.59 Å². The Morgan fingerprint density at radius 3 is 1.85 bits per heavy atom. The molecule has 0 saturated heterocycles. The summed E-state index contributed by atoms with van der Waals surface area (Å²) in [4.78, 5) is 28.8. The fourth-order valence-electron chi connectivity index (χ4n) is 3.98. The summed E-state index contributed by atoms with van der Waals surface area (Å²) in [5.41, 5.74) is 3.18. The standard InChI is InChI=1S/C30H36N2O2/c1-24(2)20-21-31-30(34)28(22-26-14-8-4-9-15-26)32(23-27-16-10-5-11-17-27)29(33)19-18-25-12-6-3-7-13-25/h3-17,24,28H,18-23H2,1-2H3,(H,31,34). The van der Waals surface area contributed by atoms with Crippen molar-refractivity contribution in [3.8, 4) is 0 Å². The molecule has 3 rings (SSSR count). The van der Waals surface area contributed by atoms with Gasteiger partial charge in [-0.25, -0.2) is 0 Å². The number of benzene rings is 3. The lowest BCUT2D eigenvalue weighted by Gasteiger charge is -2.32. The van der Waals surface area contributed by atoms with E-state index in [9.17, 15) is 9.59 Å². The SMILES string of the molecule is CC(C)CCNC(=O)C(Cc1ccccc1)N(Cc1ccccc1)C(=O)CCc1ccccc1. The van der Waals surface area contributed by atoms with Crippen LogP contribution in [0.4, 0.5) is 0 Å². The number of hydrogen-bond acceptors (Lipinski definition) is 2. The molecule has 0 radical (unpaired) electrons. The van der Waals surface area contributed by atoms with Crippen LogP contribution >= 0.6 is 0 Å². The third-order valence-electron chi connectivity index (χ3n) is 5.96. The van der Waals surface area contributed by atoms with E-state index in [1.54, 1.807) is 4.90 Å². The van der Waals surface area contributed by atoms with Gasteiger partial charge in [-0.15, -0.1) is 0 Å². The Balaban J connectivity index is 1.84. The molecule has 3 aromatic rings. The second kappa shape index (κ2) is 13.3. The molecular formula is C30H36N2O2. The number of amides is 2. The van der Waals surface area contributed by atoms with Crippen LogP contribution in [0.5, 0.6) is 0 Å². The van der Waals surface area contributed by atoms with Gasteiger partial charge in [0.25, 0.3) is 0 Å². The highest BCUT2D eigenvalue weighted by atomic mass is 16.2. The minimum absolute atomic E-state index is 0.00681. The Kier molecular flexibility index (Phi) is 9.90. The maximum absolute atomic E-state index is 13.6. The molecule has 0 heterocycles. The molecular weight excluding hydrogens is 420 g/mol. The van der Waals surface area contributed by atoms with E-state index in [-0.39, 0.29) is 11.8 Å². The average Bonchev–Trinajstić information content (AvgIpc) is 2.86. The first-order chi connectivity index (χ1) is 16.5. The van der Waals surface area contributed by atoms with E-state index < -0.39 is 6.04 Å². The van der Waals surface area contributed by atoms with Crippen LogP contribution in [-0.4, -0.2) is 29.3 Å². The first-order valence-electron chi connectivity index (χ1n) is 12.2. The Morgan fingerprint density at radius 2 is 1.29 bits per heavy atom. The lowest BCUT2D eigenvalue weighted by atomic mass is 10.0. The van der Waals surface area contributed by atoms with Crippen LogP contribution in [0.3, 0.4) is 0 Å². The number of carbonyl (C=O) groups excluding carboxylic acids is 2. The number of hydrogen-bond donors (Lipinski definition) is 1. The number of aryl methyl sites for hydroxylation is 1. The summed E-state index contributed by atoms with van der Waals surface area (Å²) < 4.78 is 0. The molecule has 34 heavy (non-hydrogen) atoms. The van der Waals surface area contributed by atoms with Crippen LogP contribution in [0.25, 0.3) is 0 Å². The van der Waals surface area contributed by atoms with Crippen LogP contribution in [-0.2, 0) is 29.0 Å². The molecule has 1 atom stereocenters. The molecule has 0 saturated carbocycles. The lowest BCUT2D eigenvalue weighted by molar-refractivity contribution is -0.141. The van der Waals surface area contributed by atoms with Crippen molar-refractivity contribution in [1.82, 2.24) is 10.2 Å². The van der Waals surface area contributed by atoms with Gasteiger partial charge >= 0.3 is 0 Å². The Bertz CT molecular complexity index is 1000. The van der Waals surface area contributed by atoms with Crippen LogP contribution < -0.4 is 5.32 Å². The molecule has 178 valence electrons. The van der Waals surface area contributed by atoms with Crippen molar-refractivity contribution in [2.45, 2.75) is 52.1 Å². The van der Waals surface area contributed by atoms with E-state index in [2.05, 4.69) is 19.2 Å². The molecule has 0 aliphatic carbocycles. The molecule has 0 aliphatic rings. The molecule has 3 aromatic carbocycles. The van der Waals surface area contributed by atoms with Crippen LogP contribution in [0.2, 0.25) is 0 Å². The van der Waals surface area contributed by atoms with Gasteiger partial charge in [0.05, 0.1) is 0 Å². The fraction of sp³-hybridized carbons (Fsp3) is 0.333. The highest BCUT2D eigenvalue weighted by Gasteiger charge is 2.30. The van der Waals surface area contributed by atoms with Crippen molar-refractivity contribution in [3.63, 3.8) is 0 Å². The molecule has 4 heteroatoms. The molecule has 0 aromatic heterocycles. The van der Waals surface area contributed by atoms with Crippen molar-refractivity contribution >= 4 is 11.8 Å². The summed E-state index contributed by atoms with van der Waals surface area (Å²) in [5, 5.41) is 3.10. The number of rotatable bonds is 12. The molecule has 1 unspecified atom stereocenters. The van der Waals surface area contributed by atoms with Gasteiger partial charge in [0.1, 0.15) is 6.04 Å². The highest BCUT2D eigenvalue weighted by Crippen LogP contribution is 2.17. The fourth-order valence-corrected chi connectivity index (χ4v) is 3.98. The van der Waals surface area contributed by atoms with Crippen molar-refractivity contribution in [1.29, 1.82) is 0 Å². The monoisotopic (exact) mass is 456 g/mol. The average molecular weight is 457 g/mol. The van der Waals surface area contributed by atoms with Gasteiger partial charge in [0, 0.05) is 25.9 Å². The molecule has 0 aliphatic heterocycles. The van der Waals surface area contributed by atoms with E-state index >= 15 is 0 Å². The van der Waals surface area contributed by atoms with E-state index in [4.69, 9.17) is 0 Å². The predicted octanol–water partition coefficient (Wildman–Crippen LogP) is 5.42. The first-order valence-corrected chi connectivity index (χ1v) is 12.2. The minimum atomic E-state index is -0.571. The van der Waals surface area contributed by atoms with Gasteiger partial charge in [0.15, 0.2) is 0 Å². The zero-order valence-corrected chi connectivity index (χ0v) is 20.3. The molecule has 2 amide bonds. The lowest BCUT2D eigenvalue weighted by Crippen LogP contribution is -2.50. The second-order valence-electron chi connectivity index (χ2n) is 9.17. The van der Waals surface area contributed by atoms with Gasteiger partial charge in [0.2, 0.25) is 11.8 Å². The van der Waals surface area contributed by atoms with Crippen LogP contribution in [0.15, 0.2) is 91.0 Å². The zero-order chi connectivity index (χ0) is 24.2. The highest BCUT2D eigenvalue weighted by molar-refractivity contribution is 5.88.